The predicted octanol–water partition coefficient (Wildman–Crippen LogP) is 1.06. The third-order valence-electron chi connectivity index (χ3n) is 2.63. The van der Waals surface area contributed by atoms with Gasteiger partial charge in [0, 0.05) is 18.1 Å². The Hall–Kier alpha value is -2.10. The Labute approximate surface area is 121 Å². The number of aliphatic hydroxyl groups excluding tert-OH is 1. The summed E-state index contributed by atoms with van der Waals surface area (Å²) in [6.07, 6.45) is 1.71. The van der Waals surface area contributed by atoms with E-state index in [9.17, 15) is 4.79 Å². The van der Waals surface area contributed by atoms with E-state index in [-0.39, 0.29) is 12.5 Å². The fourth-order valence-electron chi connectivity index (χ4n) is 1.75. The van der Waals surface area contributed by atoms with Gasteiger partial charge in [-0.25, -0.2) is 0 Å². The van der Waals surface area contributed by atoms with Crippen LogP contribution in [0.15, 0.2) is 18.3 Å². The molecule has 0 aliphatic rings. The van der Waals surface area contributed by atoms with Gasteiger partial charge >= 0.3 is 0 Å². The molecule has 0 aliphatic carbocycles. The van der Waals surface area contributed by atoms with E-state index in [1.165, 1.54) is 11.3 Å². The van der Waals surface area contributed by atoms with E-state index in [1.54, 1.807) is 17.9 Å². The van der Waals surface area contributed by atoms with E-state index in [4.69, 9.17) is 5.11 Å². The zero-order valence-electron chi connectivity index (χ0n) is 11.3. The summed E-state index contributed by atoms with van der Waals surface area (Å²) in [7, 11) is 1.79. The highest BCUT2D eigenvalue weighted by atomic mass is 32.1. The minimum atomic E-state index is -0.149. The Morgan fingerprint density at radius 3 is 3.00 bits per heavy atom. The third-order valence-corrected chi connectivity index (χ3v) is 3.63. The number of aryl methyl sites for hydroxylation is 2. The van der Waals surface area contributed by atoms with Gasteiger partial charge in [-0.3, -0.25) is 9.48 Å². The molecule has 0 aliphatic heterocycles. The van der Waals surface area contributed by atoms with Crippen molar-refractivity contribution in [2.75, 3.05) is 6.61 Å². The largest absolute Gasteiger partial charge is 0.384 e. The van der Waals surface area contributed by atoms with Crippen molar-refractivity contribution in [3.8, 4) is 11.8 Å². The number of nitrogens with zero attached hydrogens (tertiary/aromatic N) is 2. The summed E-state index contributed by atoms with van der Waals surface area (Å²) >= 11 is 1.50. The summed E-state index contributed by atoms with van der Waals surface area (Å²) in [5.74, 6) is 5.30. The lowest BCUT2D eigenvalue weighted by Crippen LogP contribution is -2.22. The summed E-state index contributed by atoms with van der Waals surface area (Å²) in [5.41, 5.74) is 1.30. The molecule has 0 unspecified atom stereocenters. The zero-order valence-corrected chi connectivity index (χ0v) is 12.1. The Morgan fingerprint density at radius 2 is 2.35 bits per heavy atom. The van der Waals surface area contributed by atoms with E-state index >= 15 is 0 Å². The van der Waals surface area contributed by atoms with Crippen LogP contribution in [0.3, 0.4) is 0 Å². The molecular formula is C14H15N3O2S. The molecule has 2 N–H and O–H groups in total. The van der Waals surface area contributed by atoms with Gasteiger partial charge in [0.2, 0.25) is 0 Å². The molecule has 0 spiro atoms. The maximum atomic E-state index is 12.0. The Balaban J connectivity index is 1.96. The van der Waals surface area contributed by atoms with E-state index in [2.05, 4.69) is 22.3 Å². The van der Waals surface area contributed by atoms with Crippen molar-refractivity contribution in [2.24, 2.45) is 7.05 Å². The average Bonchev–Trinajstić information content (AvgIpc) is 3.00. The van der Waals surface area contributed by atoms with Crippen molar-refractivity contribution in [3.05, 3.63) is 39.3 Å². The fraction of sp³-hybridized carbons (Fsp3) is 0.286. The van der Waals surface area contributed by atoms with Gasteiger partial charge in [-0.15, -0.1) is 11.3 Å². The molecule has 1 amide bonds. The van der Waals surface area contributed by atoms with Crippen LogP contribution in [-0.4, -0.2) is 27.4 Å². The molecule has 0 fully saturated rings. The van der Waals surface area contributed by atoms with Gasteiger partial charge in [-0.1, -0.05) is 11.8 Å². The number of aliphatic hydroxyl groups is 1. The van der Waals surface area contributed by atoms with Crippen molar-refractivity contribution >= 4 is 17.2 Å². The Morgan fingerprint density at radius 1 is 1.55 bits per heavy atom. The molecule has 2 aromatic rings. The molecule has 0 atom stereocenters. The number of carbonyl (C=O) groups is 1. The van der Waals surface area contributed by atoms with Crippen LogP contribution in [0, 0.1) is 18.8 Å². The molecule has 2 heterocycles. The zero-order chi connectivity index (χ0) is 14.5. The molecule has 0 bridgehead atoms. The van der Waals surface area contributed by atoms with Gasteiger partial charge in [0.1, 0.15) is 6.61 Å². The molecule has 5 nitrogen and oxygen atoms in total. The van der Waals surface area contributed by atoms with Crippen molar-refractivity contribution in [1.82, 2.24) is 15.1 Å². The second-order valence-corrected chi connectivity index (χ2v) is 5.38. The molecule has 20 heavy (non-hydrogen) atoms. The van der Waals surface area contributed by atoms with E-state index in [1.807, 2.05) is 19.1 Å². The standard InChI is InChI=1S/C14H15N3O2S/c1-10-13(9-17(2)16-10)14(19)15-8-12-6-5-11(20-12)4-3-7-18/h5-6,9,18H,7-8H2,1-2H3,(H,15,19). The molecule has 104 valence electrons. The molecule has 0 radical (unpaired) electrons. The maximum absolute atomic E-state index is 12.0. The van der Waals surface area contributed by atoms with Gasteiger partial charge in [-0.05, 0) is 19.1 Å². The summed E-state index contributed by atoms with van der Waals surface area (Å²) < 4.78 is 1.62. The molecule has 2 aromatic heterocycles. The van der Waals surface area contributed by atoms with Crippen LogP contribution in [0.2, 0.25) is 0 Å². The van der Waals surface area contributed by atoms with E-state index < -0.39 is 0 Å². The first-order chi connectivity index (χ1) is 9.60. The molecule has 0 saturated heterocycles. The lowest BCUT2D eigenvalue weighted by Gasteiger charge is -2.01. The number of thiophene rings is 1. The van der Waals surface area contributed by atoms with Crippen LogP contribution in [0.4, 0.5) is 0 Å². The number of hydrogen-bond donors (Lipinski definition) is 2. The highest BCUT2D eigenvalue weighted by molar-refractivity contribution is 7.12. The van der Waals surface area contributed by atoms with Gasteiger partial charge in [-0.2, -0.15) is 5.10 Å². The van der Waals surface area contributed by atoms with Gasteiger partial charge < -0.3 is 10.4 Å². The highest BCUT2D eigenvalue weighted by Crippen LogP contribution is 2.15. The number of hydrogen-bond acceptors (Lipinski definition) is 4. The Kier molecular flexibility index (Phi) is 4.56. The topological polar surface area (TPSA) is 67.2 Å². The predicted molar refractivity (Wildman–Crippen MR) is 77.4 cm³/mol. The highest BCUT2D eigenvalue weighted by Gasteiger charge is 2.12. The minimum absolute atomic E-state index is 0.132. The van der Waals surface area contributed by atoms with Crippen LogP contribution in [0.5, 0.6) is 0 Å². The van der Waals surface area contributed by atoms with Crippen LogP contribution in [0.1, 0.15) is 25.8 Å². The molecular weight excluding hydrogens is 274 g/mol. The van der Waals surface area contributed by atoms with Crippen LogP contribution >= 0.6 is 11.3 Å². The average molecular weight is 289 g/mol. The van der Waals surface area contributed by atoms with E-state index in [0.29, 0.717) is 17.8 Å². The van der Waals surface area contributed by atoms with E-state index in [0.717, 1.165) is 9.75 Å². The fourth-order valence-corrected chi connectivity index (χ4v) is 2.57. The Bertz CT molecular complexity index is 676. The summed E-state index contributed by atoms with van der Waals surface area (Å²) in [6.45, 7) is 2.12. The van der Waals surface area contributed by atoms with Gasteiger partial charge in [0.15, 0.2) is 0 Å². The lowest BCUT2D eigenvalue weighted by atomic mass is 10.2. The summed E-state index contributed by atoms with van der Waals surface area (Å²) in [6, 6.07) is 3.80. The molecule has 0 aromatic carbocycles. The number of nitrogens with one attached hydrogen (secondary N) is 1. The molecule has 0 saturated carbocycles. The second-order valence-electron chi connectivity index (χ2n) is 4.21. The SMILES string of the molecule is Cc1nn(C)cc1C(=O)NCc1ccc(C#CCO)s1. The first-order valence-corrected chi connectivity index (χ1v) is 6.88. The van der Waals surface area contributed by atoms with Crippen LogP contribution in [0.25, 0.3) is 0 Å². The van der Waals surface area contributed by atoms with Crippen LogP contribution < -0.4 is 5.32 Å². The van der Waals surface area contributed by atoms with Crippen molar-refractivity contribution in [1.29, 1.82) is 0 Å². The summed E-state index contributed by atoms with van der Waals surface area (Å²) in [4.78, 5) is 13.9. The summed E-state index contributed by atoms with van der Waals surface area (Å²) in [5, 5.41) is 15.6. The smallest absolute Gasteiger partial charge is 0.255 e. The quantitative estimate of drug-likeness (QED) is 0.830. The van der Waals surface area contributed by atoms with Gasteiger partial charge in [0.05, 0.1) is 22.7 Å². The first-order valence-electron chi connectivity index (χ1n) is 6.07. The third kappa shape index (κ3) is 3.47. The lowest BCUT2D eigenvalue weighted by molar-refractivity contribution is 0.0950. The molecule has 2 rings (SSSR count). The minimum Gasteiger partial charge on any atom is -0.384 e. The first kappa shape index (κ1) is 14.3. The van der Waals surface area contributed by atoms with Crippen LogP contribution in [-0.2, 0) is 13.6 Å². The number of rotatable bonds is 3. The molecule has 6 heteroatoms. The van der Waals surface area contributed by atoms with Crippen molar-refractivity contribution in [2.45, 2.75) is 13.5 Å². The van der Waals surface area contributed by atoms with Gasteiger partial charge in [0.25, 0.3) is 5.91 Å². The number of amides is 1. The number of carbonyl (C=O) groups excluding carboxylic acids is 1. The monoisotopic (exact) mass is 289 g/mol. The normalized spacial score (nSPS) is 9.95. The van der Waals surface area contributed by atoms with Crippen molar-refractivity contribution < 1.29 is 9.90 Å². The van der Waals surface area contributed by atoms with Crippen molar-refractivity contribution in [3.63, 3.8) is 0 Å². The number of aromatic nitrogens is 2. The second kappa shape index (κ2) is 6.37. The maximum Gasteiger partial charge on any atom is 0.255 e.